The first-order valence-corrected chi connectivity index (χ1v) is 3.62. The molecule has 0 fully saturated rings. The van der Waals surface area contributed by atoms with E-state index in [0.717, 1.165) is 12.1 Å². The van der Waals surface area contributed by atoms with Crippen molar-refractivity contribution in [2.75, 3.05) is 0 Å². The van der Waals surface area contributed by atoms with E-state index >= 15 is 0 Å². The first-order valence-electron chi connectivity index (χ1n) is 3.62. The fraction of sp³-hybridized carbons (Fsp3) is 0.250. The first kappa shape index (κ1) is 10.0. The molecule has 1 aromatic rings. The maximum absolute atomic E-state index is 12.6. The highest BCUT2D eigenvalue weighted by Crippen LogP contribution is 2.10. The van der Waals surface area contributed by atoms with E-state index in [1.807, 2.05) is 0 Å². The molecule has 0 bridgehead atoms. The summed E-state index contributed by atoms with van der Waals surface area (Å²) in [6, 6.07) is 3.21. The van der Waals surface area contributed by atoms with Crippen LogP contribution in [-0.4, -0.2) is 11.0 Å². The Bertz CT molecular complexity index is 310. The van der Waals surface area contributed by atoms with Crippen LogP contribution < -0.4 is 11.5 Å². The van der Waals surface area contributed by atoms with Crippen LogP contribution in [0.2, 0.25) is 0 Å². The molecule has 13 heavy (non-hydrogen) atoms. The molecule has 5 heteroatoms. The monoisotopic (exact) mass is 188 g/mol. The minimum atomic E-state index is -1.90. The SMILES string of the molecule is NC(N)(O)Cc1ccc(F)c(F)c1. The van der Waals surface area contributed by atoms with Crippen molar-refractivity contribution in [3.8, 4) is 0 Å². The molecule has 0 heterocycles. The van der Waals surface area contributed by atoms with E-state index in [-0.39, 0.29) is 6.42 Å². The van der Waals surface area contributed by atoms with Gasteiger partial charge in [-0.2, -0.15) is 0 Å². The lowest BCUT2D eigenvalue weighted by Crippen LogP contribution is -2.51. The fourth-order valence-corrected chi connectivity index (χ4v) is 0.977. The van der Waals surface area contributed by atoms with Crippen LogP contribution in [0.15, 0.2) is 18.2 Å². The second-order valence-electron chi connectivity index (χ2n) is 2.92. The zero-order valence-electron chi connectivity index (χ0n) is 6.80. The molecule has 0 aliphatic rings. The molecule has 0 saturated carbocycles. The smallest absolute Gasteiger partial charge is 0.170 e. The lowest BCUT2D eigenvalue weighted by Gasteiger charge is -2.16. The molecule has 0 unspecified atom stereocenters. The number of hydrogen-bond acceptors (Lipinski definition) is 3. The van der Waals surface area contributed by atoms with Crippen molar-refractivity contribution >= 4 is 0 Å². The Morgan fingerprint density at radius 3 is 2.31 bits per heavy atom. The fourth-order valence-electron chi connectivity index (χ4n) is 0.977. The van der Waals surface area contributed by atoms with Crippen LogP contribution in [-0.2, 0) is 6.42 Å². The van der Waals surface area contributed by atoms with Gasteiger partial charge >= 0.3 is 0 Å². The largest absolute Gasteiger partial charge is 0.363 e. The third-order valence-corrected chi connectivity index (χ3v) is 1.47. The number of benzene rings is 1. The minimum Gasteiger partial charge on any atom is -0.363 e. The van der Waals surface area contributed by atoms with E-state index < -0.39 is 17.5 Å². The van der Waals surface area contributed by atoms with Crippen molar-refractivity contribution in [3.63, 3.8) is 0 Å². The van der Waals surface area contributed by atoms with Crippen molar-refractivity contribution in [3.05, 3.63) is 35.4 Å². The highest BCUT2D eigenvalue weighted by Gasteiger charge is 2.15. The Morgan fingerprint density at radius 1 is 1.23 bits per heavy atom. The van der Waals surface area contributed by atoms with Gasteiger partial charge < -0.3 is 5.11 Å². The van der Waals surface area contributed by atoms with Crippen LogP contribution in [0.1, 0.15) is 5.56 Å². The molecule has 0 saturated heterocycles. The summed E-state index contributed by atoms with van der Waals surface area (Å²) in [5, 5.41) is 8.97. The Hall–Kier alpha value is -1.04. The van der Waals surface area contributed by atoms with Gasteiger partial charge in [0.1, 0.15) is 0 Å². The van der Waals surface area contributed by atoms with Crippen molar-refractivity contribution in [2.45, 2.75) is 12.3 Å². The van der Waals surface area contributed by atoms with E-state index in [0.29, 0.717) is 5.56 Å². The van der Waals surface area contributed by atoms with Crippen LogP contribution in [0.3, 0.4) is 0 Å². The lowest BCUT2D eigenvalue weighted by atomic mass is 10.1. The van der Waals surface area contributed by atoms with Crippen molar-refractivity contribution in [1.29, 1.82) is 0 Å². The standard InChI is InChI=1S/C8H10F2N2O/c9-6-2-1-5(3-7(6)10)4-8(11,12)13/h1-3,13H,4,11-12H2. The van der Waals surface area contributed by atoms with Crippen LogP contribution in [0.5, 0.6) is 0 Å². The summed E-state index contributed by atoms with van der Waals surface area (Å²) < 4.78 is 25.0. The van der Waals surface area contributed by atoms with Gasteiger partial charge in [0.05, 0.1) is 0 Å². The van der Waals surface area contributed by atoms with Crippen LogP contribution in [0.25, 0.3) is 0 Å². The zero-order chi connectivity index (χ0) is 10.1. The van der Waals surface area contributed by atoms with Gasteiger partial charge in [0.2, 0.25) is 0 Å². The lowest BCUT2D eigenvalue weighted by molar-refractivity contribution is 0.0543. The van der Waals surface area contributed by atoms with Gasteiger partial charge in [0.25, 0.3) is 0 Å². The minimum absolute atomic E-state index is 0.135. The Kier molecular flexibility index (Phi) is 2.60. The summed E-state index contributed by atoms with van der Waals surface area (Å²) in [5.74, 6) is -3.83. The molecule has 0 amide bonds. The summed E-state index contributed by atoms with van der Waals surface area (Å²) in [5.41, 5.74) is 10.5. The Morgan fingerprint density at radius 2 is 1.85 bits per heavy atom. The van der Waals surface area contributed by atoms with E-state index in [4.69, 9.17) is 16.6 Å². The predicted molar refractivity (Wildman–Crippen MR) is 43.4 cm³/mol. The van der Waals surface area contributed by atoms with Gasteiger partial charge in [-0.25, -0.2) is 8.78 Å². The second kappa shape index (κ2) is 3.37. The topological polar surface area (TPSA) is 72.3 Å². The third kappa shape index (κ3) is 3.06. The molecular formula is C8H10F2N2O. The molecule has 72 valence electrons. The molecule has 0 radical (unpaired) electrons. The number of halogens is 2. The van der Waals surface area contributed by atoms with Crippen LogP contribution >= 0.6 is 0 Å². The highest BCUT2D eigenvalue weighted by atomic mass is 19.2. The number of hydrogen-bond donors (Lipinski definition) is 3. The maximum atomic E-state index is 12.6. The quantitative estimate of drug-likeness (QED) is 0.575. The number of rotatable bonds is 2. The van der Waals surface area contributed by atoms with E-state index in [1.54, 1.807) is 0 Å². The Labute approximate surface area is 74.0 Å². The zero-order valence-corrected chi connectivity index (χ0v) is 6.80. The average Bonchev–Trinajstić information content (AvgIpc) is 1.94. The average molecular weight is 188 g/mol. The van der Waals surface area contributed by atoms with Gasteiger partial charge in [0.15, 0.2) is 17.5 Å². The maximum Gasteiger partial charge on any atom is 0.170 e. The molecule has 0 spiro atoms. The van der Waals surface area contributed by atoms with Gasteiger partial charge in [-0.15, -0.1) is 0 Å². The normalized spacial score (nSPS) is 11.8. The van der Waals surface area contributed by atoms with Gasteiger partial charge in [-0.05, 0) is 17.7 Å². The van der Waals surface area contributed by atoms with Crippen molar-refractivity contribution < 1.29 is 13.9 Å². The third-order valence-electron chi connectivity index (χ3n) is 1.47. The van der Waals surface area contributed by atoms with Gasteiger partial charge in [0, 0.05) is 6.42 Å². The molecule has 0 aromatic heterocycles. The molecular weight excluding hydrogens is 178 g/mol. The van der Waals surface area contributed by atoms with Gasteiger partial charge in [-0.3, -0.25) is 11.5 Å². The summed E-state index contributed by atoms with van der Waals surface area (Å²) in [6.45, 7) is 0. The van der Waals surface area contributed by atoms with Crippen LogP contribution in [0.4, 0.5) is 8.78 Å². The van der Waals surface area contributed by atoms with Gasteiger partial charge in [-0.1, -0.05) is 6.07 Å². The van der Waals surface area contributed by atoms with Crippen LogP contribution in [0, 0.1) is 11.6 Å². The van der Waals surface area contributed by atoms with Crippen molar-refractivity contribution in [2.24, 2.45) is 11.5 Å². The molecule has 1 rings (SSSR count). The first-order chi connectivity index (χ1) is 5.88. The van der Waals surface area contributed by atoms with E-state index in [9.17, 15) is 8.78 Å². The molecule has 0 aliphatic heterocycles. The molecule has 0 aliphatic carbocycles. The summed E-state index contributed by atoms with van der Waals surface area (Å²) in [4.78, 5) is 0. The van der Waals surface area contributed by atoms with E-state index in [2.05, 4.69) is 0 Å². The summed E-state index contributed by atoms with van der Waals surface area (Å²) in [6.07, 6.45) is -0.135. The number of aliphatic hydroxyl groups is 1. The molecule has 5 N–H and O–H groups in total. The molecule has 3 nitrogen and oxygen atoms in total. The number of nitrogens with two attached hydrogens (primary N) is 2. The Balaban J connectivity index is 2.86. The molecule has 0 atom stereocenters. The molecule has 1 aromatic carbocycles. The second-order valence-corrected chi connectivity index (χ2v) is 2.92. The highest BCUT2D eigenvalue weighted by molar-refractivity contribution is 5.19. The van der Waals surface area contributed by atoms with Crippen molar-refractivity contribution in [1.82, 2.24) is 0 Å². The predicted octanol–water partition coefficient (Wildman–Crippen LogP) is 0.0708. The van der Waals surface area contributed by atoms with E-state index in [1.165, 1.54) is 6.07 Å². The summed E-state index contributed by atoms with van der Waals surface area (Å²) >= 11 is 0. The summed E-state index contributed by atoms with van der Waals surface area (Å²) in [7, 11) is 0.